The molecule has 0 aliphatic heterocycles. The molecule has 0 fully saturated rings. The maximum atomic E-state index is 2.30. The largest absolute Gasteiger partial charge is 0.152 e. The Morgan fingerprint density at radius 1 is 0.483 bits per heavy atom. The third kappa shape index (κ3) is 18.7. The van der Waals surface area contributed by atoms with Gasteiger partial charge in [-0.2, -0.15) is 11.3 Å². The molecule has 0 saturated carbocycles. The molecular formula is C28H46S. The van der Waals surface area contributed by atoms with Crippen LogP contribution in [0.1, 0.15) is 115 Å². The van der Waals surface area contributed by atoms with E-state index in [-0.39, 0.29) is 0 Å². The summed E-state index contributed by atoms with van der Waals surface area (Å²) in [6.07, 6.45) is 24.4. The topological polar surface area (TPSA) is 0 Å². The van der Waals surface area contributed by atoms with Gasteiger partial charge in [-0.1, -0.05) is 146 Å². The van der Waals surface area contributed by atoms with Crippen LogP contribution < -0.4 is 0 Å². The van der Waals surface area contributed by atoms with Crippen molar-refractivity contribution in [2.24, 2.45) is 0 Å². The number of unbranched alkanes of at least 4 members (excludes halogenated alkanes) is 15. The third-order valence-corrected chi connectivity index (χ3v) is 6.22. The minimum Gasteiger partial charge on any atom is -0.152 e. The van der Waals surface area contributed by atoms with Gasteiger partial charge >= 0.3 is 0 Å². The quantitative estimate of drug-likeness (QED) is 0.226. The number of aryl methyl sites for hydroxylation is 1. The lowest BCUT2D eigenvalue weighted by Crippen LogP contribution is -1.86. The van der Waals surface area contributed by atoms with Gasteiger partial charge in [0.15, 0.2) is 0 Å². The maximum Gasteiger partial charge on any atom is -0.00934 e. The second kappa shape index (κ2) is 21.6. The van der Waals surface area contributed by atoms with Gasteiger partial charge in [-0.3, -0.25) is 0 Å². The van der Waals surface area contributed by atoms with E-state index in [2.05, 4.69) is 37.3 Å². The van der Waals surface area contributed by atoms with Crippen LogP contribution in [0, 0.1) is 0 Å². The predicted molar refractivity (Wildman–Crippen MR) is 134 cm³/mol. The van der Waals surface area contributed by atoms with Gasteiger partial charge in [0, 0.05) is 0 Å². The molecule has 0 N–H and O–H groups in total. The summed E-state index contributed by atoms with van der Waals surface area (Å²) in [5.41, 5.74) is 1.50. The first-order valence-electron chi connectivity index (χ1n) is 12.4. The normalized spacial score (nSPS) is 10.5. The second-order valence-corrected chi connectivity index (χ2v) is 9.15. The van der Waals surface area contributed by atoms with Gasteiger partial charge in [-0.05, 0) is 29.2 Å². The van der Waals surface area contributed by atoms with E-state index in [9.17, 15) is 0 Å². The Kier molecular flexibility index (Phi) is 19.4. The van der Waals surface area contributed by atoms with Crippen LogP contribution in [0.3, 0.4) is 0 Å². The van der Waals surface area contributed by atoms with Crippen LogP contribution in [0.4, 0.5) is 0 Å². The highest BCUT2D eigenvalue weighted by Gasteiger charge is 1.95. The zero-order chi connectivity index (χ0) is 20.7. The molecule has 0 amide bonds. The van der Waals surface area contributed by atoms with Gasteiger partial charge < -0.3 is 0 Å². The van der Waals surface area contributed by atoms with Crippen LogP contribution in [0.25, 0.3) is 0 Å². The Balaban J connectivity index is 0.000000726. The first-order chi connectivity index (χ1) is 14.4. The average Bonchev–Trinajstić information content (AvgIpc) is 3.34. The van der Waals surface area contributed by atoms with Crippen molar-refractivity contribution < 1.29 is 0 Å². The highest BCUT2D eigenvalue weighted by atomic mass is 32.1. The molecule has 1 aromatic carbocycles. The summed E-state index contributed by atoms with van der Waals surface area (Å²) < 4.78 is 0. The second-order valence-electron chi connectivity index (χ2n) is 8.33. The lowest BCUT2D eigenvalue weighted by Gasteiger charge is -2.04. The van der Waals surface area contributed by atoms with Crippen molar-refractivity contribution in [1.29, 1.82) is 0 Å². The smallest absolute Gasteiger partial charge is 0.00934 e. The summed E-state index contributed by atoms with van der Waals surface area (Å²) in [7, 11) is 0. The number of benzene rings is 1. The SMILES string of the molecule is CCCCCCCCCCCCCCCCCCc1ccccc1.c1ccsc1. The molecule has 1 heterocycles. The monoisotopic (exact) mass is 414 g/mol. The van der Waals surface area contributed by atoms with Gasteiger partial charge in [0.2, 0.25) is 0 Å². The Morgan fingerprint density at radius 3 is 1.28 bits per heavy atom. The number of hydrogen-bond donors (Lipinski definition) is 0. The molecule has 1 aromatic heterocycles. The van der Waals surface area contributed by atoms with Crippen molar-refractivity contribution >= 4 is 11.3 Å². The summed E-state index contributed by atoms with van der Waals surface area (Å²) in [4.78, 5) is 0. The van der Waals surface area contributed by atoms with Crippen molar-refractivity contribution in [3.63, 3.8) is 0 Å². The Morgan fingerprint density at radius 2 is 0.897 bits per heavy atom. The van der Waals surface area contributed by atoms with Crippen molar-refractivity contribution in [3.05, 3.63) is 58.8 Å². The molecule has 0 saturated heterocycles. The standard InChI is InChI=1S/C24H42.C4H4S/c1-2-3-4-5-6-7-8-9-10-11-12-13-14-15-16-18-21-24-22-19-17-20-23-24;1-2-4-5-3-1/h17,19-20,22-23H,2-16,18,21H2,1H3;1-4H. The minimum absolute atomic E-state index is 1.26. The first-order valence-corrected chi connectivity index (χ1v) is 13.4. The third-order valence-electron chi connectivity index (χ3n) is 5.59. The van der Waals surface area contributed by atoms with Crippen LogP contribution in [0.5, 0.6) is 0 Å². The molecule has 2 rings (SSSR count). The van der Waals surface area contributed by atoms with E-state index >= 15 is 0 Å². The highest BCUT2D eigenvalue weighted by Crippen LogP contribution is 2.14. The summed E-state index contributed by atoms with van der Waals surface area (Å²) in [6, 6.07) is 15.0. The van der Waals surface area contributed by atoms with Crippen molar-refractivity contribution in [1.82, 2.24) is 0 Å². The highest BCUT2D eigenvalue weighted by molar-refractivity contribution is 7.07. The average molecular weight is 415 g/mol. The molecule has 0 aliphatic carbocycles. The molecule has 29 heavy (non-hydrogen) atoms. The summed E-state index contributed by atoms with van der Waals surface area (Å²) >= 11 is 1.71. The molecule has 0 atom stereocenters. The molecule has 0 aliphatic rings. The van der Waals surface area contributed by atoms with E-state index in [0.717, 1.165) is 0 Å². The van der Waals surface area contributed by atoms with E-state index in [1.807, 2.05) is 22.9 Å². The Labute approximate surface area is 186 Å². The van der Waals surface area contributed by atoms with Crippen molar-refractivity contribution in [2.45, 2.75) is 116 Å². The molecule has 0 radical (unpaired) electrons. The van der Waals surface area contributed by atoms with Crippen molar-refractivity contribution in [2.75, 3.05) is 0 Å². The fraction of sp³-hybridized carbons (Fsp3) is 0.643. The van der Waals surface area contributed by atoms with E-state index < -0.39 is 0 Å². The molecule has 0 spiro atoms. The summed E-state index contributed by atoms with van der Waals surface area (Å²) in [6.45, 7) is 2.30. The van der Waals surface area contributed by atoms with Gasteiger partial charge in [-0.25, -0.2) is 0 Å². The minimum atomic E-state index is 1.26. The molecule has 2 aromatic rings. The zero-order valence-electron chi connectivity index (χ0n) is 19.1. The molecule has 1 heteroatoms. The number of thiophene rings is 1. The van der Waals surface area contributed by atoms with E-state index in [4.69, 9.17) is 0 Å². The molecule has 164 valence electrons. The van der Waals surface area contributed by atoms with E-state index in [1.54, 1.807) is 11.3 Å². The van der Waals surface area contributed by atoms with E-state index in [1.165, 1.54) is 115 Å². The van der Waals surface area contributed by atoms with Gasteiger partial charge in [0.25, 0.3) is 0 Å². The molecular weight excluding hydrogens is 368 g/mol. The predicted octanol–water partition coefficient (Wildman–Crippen LogP) is 10.2. The van der Waals surface area contributed by atoms with Crippen molar-refractivity contribution in [3.8, 4) is 0 Å². The van der Waals surface area contributed by atoms with Gasteiger partial charge in [0.1, 0.15) is 0 Å². The summed E-state index contributed by atoms with van der Waals surface area (Å²) in [5, 5.41) is 4.08. The van der Waals surface area contributed by atoms with Crippen LogP contribution >= 0.6 is 11.3 Å². The number of hydrogen-bond acceptors (Lipinski definition) is 1. The maximum absolute atomic E-state index is 2.30. The Hall–Kier alpha value is -1.08. The lowest BCUT2D eigenvalue weighted by molar-refractivity contribution is 0.529. The zero-order valence-corrected chi connectivity index (χ0v) is 19.9. The molecule has 0 bridgehead atoms. The summed E-state index contributed by atoms with van der Waals surface area (Å²) in [5.74, 6) is 0. The van der Waals surface area contributed by atoms with Gasteiger partial charge in [0.05, 0.1) is 0 Å². The van der Waals surface area contributed by atoms with Crippen LogP contribution in [-0.4, -0.2) is 0 Å². The molecule has 0 unspecified atom stereocenters. The van der Waals surface area contributed by atoms with Crippen LogP contribution in [0.2, 0.25) is 0 Å². The fourth-order valence-corrected chi connectivity index (χ4v) is 4.20. The molecule has 0 nitrogen and oxygen atoms in total. The Bertz CT molecular complexity index is 485. The van der Waals surface area contributed by atoms with Crippen LogP contribution in [-0.2, 0) is 6.42 Å². The fourth-order valence-electron chi connectivity index (χ4n) is 3.75. The van der Waals surface area contributed by atoms with E-state index in [0.29, 0.717) is 0 Å². The number of rotatable bonds is 17. The van der Waals surface area contributed by atoms with Crippen LogP contribution in [0.15, 0.2) is 53.2 Å². The lowest BCUT2D eigenvalue weighted by atomic mass is 10.0. The van der Waals surface area contributed by atoms with Gasteiger partial charge in [-0.15, -0.1) is 0 Å². The first kappa shape index (κ1) is 26.0.